The van der Waals surface area contributed by atoms with E-state index in [0.29, 0.717) is 22.8 Å². The number of ether oxygens (including phenoxy) is 5. The van der Waals surface area contributed by atoms with Crippen molar-refractivity contribution in [1.29, 1.82) is 0 Å². The molecule has 2 N–H and O–H groups in total. The Morgan fingerprint density at radius 3 is 2.45 bits per heavy atom. The molecule has 10 heteroatoms. The molecule has 0 aromatic heterocycles. The van der Waals surface area contributed by atoms with Crippen molar-refractivity contribution < 1.29 is 43.5 Å². The van der Waals surface area contributed by atoms with E-state index in [2.05, 4.69) is 0 Å². The quantitative estimate of drug-likeness (QED) is 0.164. The zero-order valence-corrected chi connectivity index (χ0v) is 19.7. The van der Waals surface area contributed by atoms with Crippen LogP contribution >= 0.6 is 0 Å². The molecular formula is C23H31NO9. The number of hydrogen-bond acceptors (Lipinski definition) is 9. The van der Waals surface area contributed by atoms with Gasteiger partial charge in [0.25, 0.3) is 5.91 Å². The van der Waals surface area contributed by atoms with Gasteiger partial charge in [0, 0.05) is 32.9 Å². The highest BCUT2D eigenvalue weighted by Crippen LogP contribution is 2.47. The fraction of sp³-hybridized carbons (Fsp3) is 0.478. The molecule has 0 aliphatic carbocycles. The molecule has 0 saturated carbocycles. The zero-order chi connectivity index (χ0) is 24.8. The smallest absolute Gasteiger partial charge is 0.308 e. The summed E-state index contributed by atoms with van der Waals surface area (Å²) in [6.45, 7) is 2.38. The van der Waals surface area contributed by atoms with Gasteiger partial charge in [-0.15, -0.1) is 0 Å². The van der Waals surface area contributed by atoms with E-state index in [1.165, 1.54) is 46.3 Å². The molecule has 1 aliphatic rings. The Balaban J connectivity index is 2.62. The van der Waals surface area contributed by atoms with Gasteiger partial charge in [-0.1, -0.05) is 6.07 Å². The number of rotatable bonds is 11. The SMILES string of the molecule is COC/C=C(\C=C(\OC)C(C)OC)N1C(=O)[C@](O)(CO)[C@@H]1c1ccc(OC)c(OC(C)=O)c1. The standard InChI is InChI=1S/C23H31NO9/c1-14(30-4)19(32-6)12-17(9-10-29-3)24-21(23(28,13-25)22(24)27)16-7-8-18(31-5)20(11-16)33-15(2)26/h7-9,11-12,14,21,25,28H,10,13H2,1-6H3/b17-9+,19-12+/t14?,21-,23-/m0/s1. The minimum Gasteiger partial charge on any atom is -0.498 e. The summed E-state index contributed by atoms with van der Waals surface area (Å²) in [5.74, 6) is -0.429. The van der Waals surface area contributed by atoms with Crippen LogP contribution in [0.15, 0.2) is 41.8 Å². The van der Waals surface area contributed by atoms with Crippen LogP contribution in [0.2, 0.25) is 0 Å². The summed E-state index contributed by atoms with van der Waals surface area (Å²) in [5, 5.41) is 20.9. The lowest BCUT2D eigenvalue weighted by molar-refractivity contribution is -0.194. The number of carbonyl (C=O) groups excluding carboxylic acids is 2. The Kier molecular flexibility index (Phi) is 9.00. The summed E-state index contributed by atoms with van der Waals surface area (Å²) >= 11 is 0. The van der Waals surface area contributed by atoms with Crippen LogP contribution in [-0.4, -0.2) is 80.3 Å². The van der Waals surface area contributed by atoms with E-state index < -0.39 is 36.2 Å². The first-order valence-corrected chi connectivity index (χ1v) is 10.2. The van der Waals surface area contributed by atoms with Gasteiger partial charge < -0.3 is 33.9 Å². The molecule has 33 heavy (non-hydrogen) atoms. The van der Waals surface area contributed by atoms with Crippen molar-refractivity contribution in [3.63, 3.8) is 0 Å². The number of likely N-dealkylation sites (tertiary alicyclic amines) is 1. The van der Waals surface area contributed by atoms with Crippen LogP contribution in [-0.2, 0) is 23.8 Å². The lowest BCUT2D eigenvalue weighted by atomic mass is 9.77. The van der Waals surface area contributed by atoms with Crippen LogP contribution < -0.4 is 9.47 Å². The maximum absolute atomic E-state index is 13.0. The Morgan fingerprint density at radius 1 is 1.24 bits per heavy atom. The molecule has 1 heterocycles. The van der Waals surface area contributed by atoms with Gasteiger partial charge in [-0.05, 0) is 30.7 Å². The number of allylic oxidation sites excluding steroid dienone is 1. The third kappa shape index (κ3) is 5.36. The molecule has 1 aromatic rings. The molecule has 1 saturated heterocycles. The van der Waals surface area contributed by atoms with Crippen molar-refractivity contribution in [2.75, 3.05) is 41.7 Å². The van der Waals surface area contributed by atoms with Gasteiger partial charge in [-0.25, -0.2) is 0 Å². The number of aliphatic hydroxyl groups is 2. The Bertz CT molecular complexity index is 927. The van der Waals surface area contributed by atoms with Crippen LogP contribution in [0.25, 0.3) is 0 Å². The maximum Gasteiger partial charge on any atom is 0.308 e. The van der Waals surface area contributed by atoms with E-state index >= 15 is 0 Å². The van der Waals surface area contributed by atoms with Crippen molar-refractivity contribution >= 4 is 11.9 Å². The first kappa shape index (κ1) is 26.3. The molecular weight excluding hydrogens is 434 g/mol. The third-order valence-corrected chi connectivity index (χ3v) is 5.32. The van der Waals surface area contributed by atoms with Crippen molar-refractivity contribution in [2.24, 2.45) is 0 Å². The average Bonchev–Trinajstić information content (AvgIpc) is 2.81. The third-order valence-electron chi connectivity index (χ3n) is 5.32. The highest BCUT2D eigenvalue weighted by atomic mass is 16.6. The van der Waals surface area contributed by atoms with Crippen LogP contribution in [0.5, 0.6) is 11.5 Å². The second-order valence-corrected chi connectivity index (χ2v) is 7.38. The fourth-order valence-corrected chi connectivity index (χ4v) is 3.53. The number of methoxy groups -OCH3 is 4. The van der Waals surface area contributed by atoms with Gasteiger partial charge in [-0.3, -0.25) is 14.5 Å². The summed E-state index contributed by atoms with van der Waals surface area (Å²) < 4.78 is 26.3. The Hall–Kier alpha value is -2.92. The summed E-state index contributed by atoms with van der Waals surface area (Å²) in [6.07, 6.45) is 2.83. The summed E-state index contributed by atoms with van der Waals surface area (Å²) in [4.78, 5) is 25.9. The monoisotopic (exact) mass is 465 g/mol. The molecule has 1 amide bonds. The molecule has 1 aromatic carbocycles. The van der Waals surface area contributed by atoms with Crippen molar-refractivity contribution in [1.82, 2.24) is 4.90 Å². The molecule has 1 aliphatic heterocycles. The van der Waals surface area contributed by atoms with E-state index in [-0.39, 0.29) is 12.4 Å². The lowest BCUT2D eigenvalue weighted by Gasteiger charge is -2.52. The first-order chi connectivity index (χ1) is 15.7. The molecule has 2 rings (SSSR count). The summed E-state index contributed by atoms with van der Waals surface area (Å²) in [6, 6.07) is 3.65. The van der Waals surface area contributed by atoms with Crippen molar-refractivity contribution in [3.05, 3.63) is 47.4 Å². The minimum atomic E-state index is -2.08. The number of aliphatic hydroxyl groups excluding tert-OH is 1. The van der Waals surface area contributed by atoms with Crippen LogP contribution in [0.4, 0.5) is 0 Å². The summed E-state index contributed by atoms with van der Waals surface area (Å²) in [5.41, 5.74) is -1.29. The van der Waals surface area contributed by atoms with Gasteiger partial charge in [0.2, 0.25) is 0 Å². The second-order valence-electron chi connectivity index (χ2n) is 7.38. The van der Waals surface area contributed by atoms with E-state index in [0.717, 1.165) is 0 Å². The van der Waals surface area contributed by atoms with E-state index in [4.69, 9.17) is 23.7 Å². The number of esters is 1. The number of hydrogen-bond donors (Lipinski definition) is 2. The number of carbonyl (C=O) groups is 2. The molecule has 1 unspecified atom stereocenters. The molecule has 0 spiro atoms. The average molecular weight is 465 g/mol. The summed E-state index contributed by atoms with van der Waals surface area (Å²) in [7, 11) is 5.92. The molecule has 10 nitrogen and oxygen atoms in total. The van der Waals surface area contributed by atoms with Crippen LogP contribution in [0.3, 0.4) is 0 Å². The maximum atomic E-state index is 13.0. The van der Waals surface area contributed by atoms with Crippen LogP contribution in [0, 0.1) is 0 Å². The van der Waals surface area contributed by atoms with Crippen molar-refractivity contribution in [3.8, 4) is 11.5 Å². The molecule has 1 fully saturated rings. The van der Waals surface area contributed by atoms with Gasteiger partial charge in [0.1, 0.15) is 17.9 Å². The lowest BCUT2D eigenvalue weighted by Crippen LogP contribution is -2.69. The first-order valence-electron chi connectivity index (χ1n) is 10.2. The highest BCUT2D eigenvalue weighted by Gasteiger charge is 2.61. The molecule has 182 valence electrons. The highest BCUT2D eigenvalue weighted by molar-refractivity contribution is 5.95. The van der Waals surface area contributed by atoms with Crippen molar-refractivity contribution in [2.45, 2.75) is 31.6 Å². The van der Waals surface area contributed by atoms with Crippen LogP contribution in [0.1, 0.15) is 25.5 Å². The fourth-order valence-electron chi connectivity index (χ4n) is 3.53. The topological polar surface area (TPSA) is 124 Å². The number of nitrogens with zero attached hydrogens (tertiary/aromatic N) is 1. The predicted molar refractivity (Wildman–Crippen MR) is 117 cm³/mol. The van der Waals surface area contributed by atoms with Gasteiger partial charge in [0.15, 0.2) is 17.1 Å². The van der Waals surface area contributed by atoms with Gasteiger partial charge in [-0.2, -0.15) is 0 Å². The van der Waals surface area contributed by atoms with E-state index in [1.807, 2.05) is 0 Å². The van der Waals surface area contributed by atoms with Gasteiger partial charge >= 0.3 is 5.97 Å². The molecule has 0 bridgehead atoms. The zero-order valence-electron chi connectivity index (χ0n) is 19.7. The number of β-lactam (4-membered cyclic amide) rings is 1. The Morgan fingerprint density at radius 2 is 1.94 bits per heavy atom. The normalized spacial score (nSPS) is 22.0. The van der Waals surface area contributed by atoms with E-state index in [9.17, 15) is 19.8 Å². The van der Waals surface area contributed by atoms with Gasteiger partial charge in [0.05, 0.1) is 27.4 Å². The molecule has 3 atom stereocenters. The Labute approximate surface area is 192 Å². The predicted octanol–water partition coefficient (Wildman–Crippen LogP) is 1.32. The van der Waals surface area contributed by atoms with E-state index in [1.54, 1.807) is 31.2 Å². The minimum absolute atomic E-state index is 0.116. The molecule has 0 radical (unpaired) electrons. The second kappa shape index (κ2) is 11.3. The largest absolute Gasteiger partial charge is 0.498 e. The number of benzene rings is 1. The number of amides is 1.